The summed E-state index contributed by atoms with van der Waals surface area (Å²) in [5.41, 5.74) is 18.1. The molecule has 308 valence electrons. The number of aromatic nitrogens is 1. The van der Waals surface area contributed by atoms with Crippen molar-refractivity contribution in [2.75, 3.05) is 4.90 Å². The van der Waals surface area contributed by atoms with Crippen LogP contribution in [0.5, 0.6) is 0 Å². The van der Waals surface area contributed by atoms with Crippen LogP contribution < -0.4 is 4.90 Å². The predicted molar refractivity (Wildman–Crippen MR) is 277 cm³/mol. The highest BCUT2D eigenvalue weighted by atomic mass is 15.1. The number of hydrogen-bond acceptors (Lipinski definition) is 1. The number of nitrogens with zero attached hydrogens (tertiary/aromatic N) is 2. The second-order valence-electron chi connectivity index (χ2n) is 17.7. The van der Waals surface area contributed by atoms with E-state index in [4.69, 9.17) is 0 Å². The lowest BCUT2D eigenvalue weighted by atomic mass is 9.82. The van der Waals surface area contributed by atoms with Crippen molar-refractivity contribution in [3.05, 3.63) is 253 Å². The Balaban J connectivity index is 0.977. The smallest absolute Gasteiger partial charge is 0.0619 e. The van der Waals surface area contributed by atoms with Gasteiger partial charge in [0.05, 0.1) is 16.9 Å². The fourth-order valence-corrected chi connectivity index (χ4v) is 10.4. The lowest BCUT2D eigenvalue weighted by Crippen LogP contribution is -2.15. The van der Waals surface area contributed by atoms with Gasteiger partial charge < -0.3 is 9.47 Å². The fraction of sp³-hybridized carbons (Fsp3) is 0.0476. The van der Waals surface area contributed by atoms with Crippen molar-refractivity contribution in [3.63, 3.8) is 0 Å². The van der Waals surface area contributed by atoms with Crippen LogP contribution >= 0.6 is 0 Å². The topological polar surface area (TPSA) is 8.17 Å². The standard InChI is InChI=1S/C63H46N2/c1-63(2)57-29-17-16-27-53(57)54-39-37-50(42-58(54)63)65-59-40-44(34-38-56(59)61(45-18-6-3-7-19-45)62(65)46-20-8-4-9-21-46)31-30-43-32-35-49(36-33-43)64(48-23-10-5-11-24-48)60-41-47-22-12-13-25-51(47)52-26-14-15-28-55(52)60/h3-42H,1-2H3/b31-30+. The van der Waals surface area contributed by atoms with Gasteiger partial charge in [-0.15, -0.1) is 0 Å². The Morgan fingerprint density at radius 3 is 1.77 bits per heavy atom. The minimum Gasteiger partial charge on any atom is -0.310 e. The first kappa shape index (κ1) is 38.5. The van der Waals surface area contributed by atoms with E-state index < -0.39 is 0 Å². The molecule has 0 saturated heterocycles. The van der Waals surface area contributed by atoms with Gasteiger partial charge in [-0.2, -0.15) is 0 Å². The first-order valence-electron chi connectivity index (χ1n) is 22.6. The molecule has 0 N–H and O–H groups in total. The third-order valence-electron chi connectivity index (χ3n) is 13.5. The molecule has 0 amide bonds. The van der Waals surface area contributed by atoms with Gasteiger partial charge in [0.15, 0.2) is 0 Å². The summed E-state index contributed by atoms with van der Waals surface area (Å²) in [6.07, 6.45) is 4.49. The van der Waals surface area contributed by atoms with E-state index in [1.165, 1.54) is 77.1 Å². The molecule has 1 heterocycles. The van der Waals surface area contributed by atoms with Crippen LogP contribution in [0.25, 0.3) is 83.8 Å². The lowest BCUT2D eigenvalue weighted by molar-refractivity contribution is 0.660. The van der Waals surface area contributed by atoms with Crippen LogP contribution in [0.1, 0.15) is 36.1 Å². The van der Waals surface area contributed by atoms with E-state index in [-0.39, 0.29) is 5.41 Å². The van der Waals surface area contributed by atoms with Crippen molar-refractivity contribution in [2.24, 2.45) is 0 Å². The van der Waals surface area contributed by atoms with Gasteiger partial charge in [0.2, 0.25) is 0 Å². The molecule has 1 aromatic heterocycles. The Kier molecular flexibility index (Phi) is 9.21. The molecule has 65 heavy (non-hydrogen) atoms. The van der Waals surface area contributed by atoms with Gasteiger partial charge in [-0.3, -0.25) is 0 Å². The zero-order chi connectivity index (χ0) is 43.5. The Labute approximate surface area is 380 Å². The van der Waals surface area contributed by atoms with Crippen LogP contribution in [-0.2, 0) is 5.41 Å². The summed E-state index contributed by atoms with van der Waals surface area (Å²) in [4.78, 5) is 2.39. The van der Waals surface area contributed by atoms with Gasteiger partial charge in [0, 0.05) is 38.8 Å². The van der Waals surface area contributed by atoms with Crippen molar-refractivity contribution in [1.82, 2.24) is 4.57 Å². The van der Waals surface area contributed by atoms with Crippen molar-refractivity contribution in [3.8, 4) is 39.2 Å². The number of fused-ring (bicyclic) bond motifs is 7. The largest absolute Gasteiger partial charge is 0.310 e. The molecule has 12 rings (SSSR count). The monoisotopic (exact) mass is 830 g/mol. The van der Waals surface area contributed by atoms with Gasteiger partial charge in [0.1, 0.15) is 0 Å². The Hall–Kier alpha value is -8.20. The molecule has 2 nitrogen and oxygen atoms in total. The Morgan fingerprint density at radius 1 is 0.415 bits per heavy atom. The van der Waals surface area contributed by atoms with Crippen LogP contribution in [0.4, 0.5) is 17.1 Å². The highest BCUT2D eigenvalue weighted by molar-refractivity contribution is 6.14. The molecule has 1 aliphatic carbocycles. The summed E-state index contributed by atoms with van der Waals surface area (Å²) >= 11 is 0. The van der Waals surface area contributed by atoms with Crippen molar-refractivity contribution in [2.45, 2.75) is 19.3 Å². The molecule has 0 aliphatic heterocycles. The third-order valence-corrected chi connectivity index (χ3v) is 13.5. The van der Waals surface area contributed by atoms with E-state index >= 15 is 0 Å². The Morgan fingerprint density at radius 2 is 1.00 bits per heavy atom. The molecule has 1 aliphatic rings. The van der Waals surface area contributed by atoms with Gasteiger partial charge in [-0.05, 0) is 109 Å². The van der Waals surface area contributed by atoms with E-state index in [1.54, 1.807) is 0 Å². The molecule has 0 radical (unpaired) electrons. The molecule has 0 atom stereocenters. The van der Waals surface area contributed by atoms with E-state index in [0.29, 0.717) is 0 Å². The van der Waals surface area contributed by atoms with Crippen LogP contribution in [0, 0.1) is 0 Å². The SMILES string of the molecule is CC1(C)c2ccccc2-c2ccc(-n3c(-c4ccccc4)c(-c4ccccc4)c4ccc(/C=C/c5ccc(N(c6ccccc6)c6cc7ccccc7c7ccccc67)cc5)cc43)cc21. The van der Waals surface area contributed by atoms with Gasteiger partial charge >= 0.3 is 0 Å². The molecular formula is C63H46N2. The summed E-state index contributed by atoms with van der Waals surface area (Å²) in [7, 11) is 0. The van der Waals surface area contributed by atoms with Crippen LogP contribution in [-0.4, -0.2) is 4.57 Å². The number of benzene rings is 10. The molecule has 0 saturated carbocycles. The van der Waals surface area contributed by atoms with Crippen LogP contribution in [0.3, 0.4) is 0 Å². The number of rotatable bonds is 8. The van der Waals surface area contributed by atoms with Crippen LogP contribution in [0.2, 0.25) is 0 Å². The van der Waals surface area contributed by atoms with Gasteiger partial charge in [-0.1, -0.05) is 208 Å². The number of hydrogen-bond donors (Lipinski definition) is 0. The lowest BCUT2D eigenvalue weighted by Gasteiger charge is -2.27. The van der Waals surface area contributed by atoms with E-state index in [0.717, 1.165) is 33.9 Å². The summed E-state index contributed by atoms with van der Waals surface area (Å²) in [6, 6.07) is 84.2. The quantitative estimate of drug-likeness (QED) is 0.109. The molecule has 0 bridgehead atoms. The Bertz CT molecular complexity index is 3600. The molecule has 10 aromatic carbocycles. The number of para-hydroxylation sites is 1. The molecule has 11 aromatic rings. The average molecular weight is 831 g/mol. The van der Waals surface area contributed by atoms with Crippen molar-refractivity contribution in [1.29, 1.82) is 0 Å². The highest BCUT2D eigenvalue weighted by Gasteiger charge is 2.36. The molecule has 0 fully saturated rings. The molecule has 0 unspecified atom stereocenters. The second kappa shape index (κ2) is 15.6. The highest BCUT2D eigenvalue weighted by Crippen LogP contribution is 2.51. The van der Waals surface area contributed by atoms with E-state index in [1.807, 2.05) is 0 Å². The maximum absolute atomic E-state index is 2.51. The van der Waals surface area contributed by atoms with E-state index in [2.05, 4.69) is 266 Å². The second-order valence-corrected chi connectivity index (χ2v) is 17.7. The van der Waals surface area contributed by atoms with Crippen LogP contribution in [0.15, 0.2) is 231 Å². The average Bonchev–Trinajstić information content (AvgIpc) is 3.82. The minimum atomic E-state index is -0.120. The predicted octanol–water partition coefficient (Wildman–Crippen LogP) is 17.2. The molecule has 0 spiro atoms. The summed E-state index contributed by atoms with van der Waals surface area (Å²) in [6.45, 7) is 4.73. The summed E-state index contributed by atoms with van der Waals surface area (Å²) in [5.74, 6) is 0. The van der Waals surface area contributed by atoms with Gasteiger partial charge in [-0.25, -0.2) is 0 Å². The molecular weight excluding hydrogens is 785 g/mol. The maximum Gasteiger partial charge on any atom is 0.0619 e. The van der Waals surface area contributed by atoms with Crippen molar-refractivity contribution < 1.29 is 0 Å². The first-order chi connectivity index (χ1) is 32.0. The molecule has 2 heteroatoms. The third kappa shape index (κ3) is 6.49. The van der Waals surface area contributed by atoms with Gasteiger partial charge in [0.25, 0.3) is 0 Å². The van der Waals surface area contributed by atoms with E-state index in [9.17, 15) is 0 Å². The minimum absolute atomic E-state index is 0.120. The first-order valence-corrected chi connectivity index (χ1v) is 22.6. The summed E-state index contributed by atoms with van der Waals surface area (Å²) < 4.78 is 2.51. The summed E-state index contributed by atoms with van der Waals surface area (Å²) in [5, 5.41) is 6.19. The zero-order valence-electron chi connectivity index (χ0n) is 36.5. The zero-order valence-corrected chi connectivity index (χ0v) is 36.5. The van der Waals surface area contributed by atoms with Crippen molar-refractivity contribution >= 4 is 61.7 Å². The fourth-order valence-electron chi connectivity index (χ4n) is 10.4. The normalized spacial score (nSPS) is 12.8. The number of anilines is 3. The maximum atomic E-state index is 2.51.